The summed E-state index contributed by atoms with van der Waals surface area (Å²) in [5, 5.41) is 13.9. The first-order chi connectivity index (χ1) is 11.6. The smallest absolute Gasteiger partial charge is 0.325 e. The van der Waals surface area contributed by atoms with E-state index in [1.165, 1.54) is 12.1 Å². The number of amides is 2. The fourth-order valence-corrected chi connectivity index (χ4v) is 2.71. The largest absolute Gasteiger partial charge is 0.497 e. The van der Waals surface area contributed by atoms with Crippen LogP contribution >= 0.6 is 11.3 Å². The van der Waals surface area contributed by atoms with Crippen molar-refractivity contribution in [2.75, 3.05) is 17.7 Å². The Morgan fingerprint density at radius 2 is 1.96 bits per heavy atom. The first-order valence-corrected chi connectivity index (χ1v) is 7.77. The fraction of sp³-hybridized carbons (Fsp3) is 0.0625. The van der Waals surface area contributed by atoms with Gasteiger partial charge in [-0.05, 0) is 24.3 Å². The summed E-state index contributed by atoms with van der Waals surface area (Å²) in [4.78, 5) is 12.0. The van der Waals surface area contributed by atoms with Crippen molar-refractivity contribution in [3.8, 4) is 16.3 Å². The van der Waals surface area contributed by atoms with Gasteiger partial charge in [0, 0.05) is 17.3 Å². The second-order valence-corrected chi connectivity index (χ2v) is 5.71. The van der Waals surface area contributed by atoms with Crippen molar-refractivity contribution in [3.63, 3.8) is 0 Å². The number of ether oxygens (including phenoxy) is 1. The van der Waals surface area contributed by atoms with E-state index in [9.17, 15) is 9.18 Å². The van der Waals surface area contributed by atoms with Crippen LogP contribution in [-0.2, 0) is 0 Å². The molecule has 0 spiro atoms. The highest BCUT2D eigenvalue weighted by atomic mass is 32.1. The van der Waals surface area contributed by atoms with Gasteiger partial charge in [0.05, 0.1) is 7.11 Å². The van der Waals surface area contributed by atoms with Crippen LogP contribution in [-0.4, -0.2) is 23.3 Å². The Morgan fingerprint density at radius 3 is 2.75 bits per heavy atom. The topological polar surface area (TPSA) is 76.1 Å². The molecule has 0 bridgehead atoms. The lowest BCUT2D eigenvalue weighted by Gasteiger charge is -2.06. The highest BCUT2D eigenvalue weighted by Gasteiger charge is 2.10. The third-order valence-corrected chi connectivity index (χ3v) is 3.93. The minimum absolute atomic E-state index is 0.314. The molecule has 8 heteroatoms. The molecule has 0 saturated heterocycles. The normalized spacial score (nSPS) is 10.2. The summed E-state index contributed by atoms with van der Waals surface area (Å²) in [5.74, 6) is 0.282. The molecule has 0 radical (unpaired) electrons. The summed E-state index contributed by atoms with van der Waals surface area (Å²) < 4.78 is 18.3. The number of rotatable bonds is 4. The standard InChI is InChI=1S/C16H13FN4O2S/c1-23-13-7-3-6-12(9-13)18-15(22)19-16-21-20-14(24-16)10-4-2-5-11(17)8-10/h2-9H,1H3,(H2,18,19,21,22). The molecule has 3 aromatic rings. The highest BCUT2D eigenvalue weighted by Crippen LogP contribution is 2.26. The number of anilines is 2. The van der Waals surface area contributed by atoms with Crippen molar-refractivity contribution in [1.82, 2.24) is 10.2 Å². The van der Waals surface area contributed by atoms with E-state index in [0.29, 0.717) is 27.1 Å². The average Bonchev–Trinajstić information content (AvgIpc) is 3.03. The molecule has 2 N–H and O–H groups in total. The molecule has 24 heavy (non-hydrogen) atoms. The van der Waals surface area contributed by atoms with E-state index < -0.39 is 6.03 Å². The highest BCUT2D eigenvalue weighted by molar-refractivity contribution is 7.18. The van der Waals surface area contributed by atoms with Crippen molar-refractivity contribution < 1.29 is 13.9 Å². The molecule has 0 atom stereocenters. The van der Waals surface area contributed by atoms with E-state index in [4.69, 9.17) is 4.74 Å². The van der Waals surface area contributed by atoms with Crippen LogP contribution in [0.4, 0.5) is 20.0 Å². The molecule has 1 heterocycles. The van der Waals surface area contributed by atoms with Crippen molar-refractivity contribution in [1.29, 1.82) is 0 Å². The van der Waals surface area contributed by atoms with Crippen LogP contribution in [0.25, 0.3) is 10.6 Å². The molecule has 6 nitrogen and oxygen atoms in total. The molecule has 122 valence electrons. The number of hydrogen-bond donors (Lipinski definition) is 2. The minimum Gasteiger partial charge on any atom is -0.497 e. The first-order valence-electron chi connectivity index (χ1n) is 6.95. The minimum atomic E-state index is -0.454. The Balaban J connectivity index is 1.67. The Labute approximate surface area is 141 Å². The van der Waals surface area contributed by atoms with Gasteiger partial charge in [-0.15, -0.1) is 10.2 Å². The van der Waals surface area contributed by atoms with Gasteiger partial charge in [0.15, 0.2) is 0 Å². The maximum absolute atomic E-state index is 13.2. The van der Waals surface area contributed by atoms with E-state index in [-0.39, 0.29) is 5.82 Å². The van der Waals surface area contributed by atoms with Gasteiger partial charge in [-0.3, -0.25) is 5.32 Å². The van der Waals surface area contributed by atoms with Crippen molar-refractivity contribution in [3.05, 3.63) is 54.3 Å². The maximum atomic E-state index is 13.2. The number of hydrogen-bond acceptors (Lipinski definition) is 5. The number of methoxy groups -OCH3 is 1. The maximum Gasteiger partial charge on any atom is 0.325 e. The third-order valence-electron chi connectivity index (χ3n) is 3.04. The van der Waals surface area contributed by atoms with Crippen LogP contribution in [0.2, 0.25) is 0 Å². The first kappa shape index (κ1) is 15.9. The van der Waals surface area contributed by atoms with Crippen LogP contribution in [0.15, 0.2) is 48.5 Å². The number of nitrogens with zero attached hydrogens (tertiary/aromatic N) is 2. The molecule has 0 aliphatic heterocycles. The van der Waals surface area contributed by atoms with Gasteiger partial charge >= 0.3 is 6.03 Å². The number of benzene rings is 2. The summed E-state index contributed by atoms with van der Waals surface area (Å²) in [6.07, 6.45) is 0. The van der Waals surface area contributed by atoms with Gasteiger partial charge in [0.25, 0.3) is 0 Å². The number of nitrogens with one attached hydrogen (secondary N) is 2. The van der Waals surface area contributed by atoms with E-state index in [2.05, 4.69) is 20.8 Å². The van der Waals surface area contributed by atoms with Crippen LogP contribution in [0.3, 0.4) is 0 Å². The number of halogens is 1. The number of carbonyl (C=O) groups is 1. The second-order valence-electron chi connectivity index (χ2n) is 4.73. The quantitative estimate of drug-likeness (QED) is 0.750. The molecule has 0 aliphatic rings. The lowest BCUT2D eigenvalue weighted by Crippen LogP contribution is -2.19. The summed E-state index contributed by atoms with van der Waals surface area (Å²) in [7, 11) is 1.55. The summed E-state index contributed by atoms with van der Waals surface area (Å²) in [5.41, 5.74) is 1.19. The van der Waals surface area contributed by atoms with Gasteiger partial charge in [0.1, 0.15) is 16.6 Å². The lowest BCUT2D eigenvalue weighted by molar-refractivity contribution is 0.262. The van der Waals surface area contributed by atoms with E-state index >= 15 is 0 Å². The van der Waals surface area contributed by atoms with Crippen LogP contribution < -0.4 is 15.4 Å². The average molecular weight is 344 g/mol. The fourth-order valence-electron chi connectivity index (χ4n) is 1.97. The van der Waals surface area contributed by atoms with Gasteiger partial charge in [-0.25, -0.2) is 9.18 Å². The van der Waals surface area contributed by atoms with Crippen LogP contribution in [0, 0.1) is 5.82 Å². The monoisotopic (exact) mass is 344 g/mol. The van der Waals surface area contributed by atoms with Crippen molar-refractivity contribution in [2.24, 2.45) is 0 Å². The molecule has 0 saturated carbocycles. The third kappa shape index (κ3) is 3.85. The number of aromatic nitrogens is 2. The zero-order valence-electron chi connectivity index (χ0n) is 12.6. The van der Waals surface area contributed by atoms with E-state index in [1.807, 2.05) is 0 Å². The summed E-state index contributed by atoms with van der Waals surface area (Å²) in [6.45, 7) is 0. The molecule has 3 rings (SSSR count). The molecular weight excluding hydrogens is 331 g/mol. The van der Waals surface area contributed by atoms with Crippen LogP contribution in [0.1, 0.15) is 0 Å². The van der Waals surface area contributed by atoms with E-state index in [1.54, 1.807) is 43.5 Å². The van der Waals surface area contributed by atoms with Gasteiger partial charge < -0.3 is 10.1 Å². The van der Waals surface area contributed by atoms with Gasteiger partial charge in [0.2, 0.25) is 5.13 Å². The molecule has 0 unspecified atom stereocenters. The molecule has 2 aromatic carbocycles. The van der Waals surface area contributed by atoms with Crippen molar-refractivity contribution in [2.45, 2.75) is 0 Å². The Bertz CT molecular complexity index is 869. The predicted molar refractivity (Wildman–Crippen MR) is 90.9 cm³/mol. The number of urea groups is 1. The molecule has 1 aromatic heterocycles. The Kier molecular flexibility index (Phi) is 4.66. The lowest BCUT2D eigenvalue weighted by atomic mass is 10.2. The van der Waals surface area contributed by atoms with Crippen LogP contribution in [0.5, 0.6) is 5.75 Å². The predicted octanol–water partition coefficient (Wildman–Crippen LogP) is 4.00. The van der Waals surface area contributed by atoms with E-state index in [0.717, 1.165) is 11.3 Å². The van der Waals surface area contributed by atoms with Gasteiger partial charge in [-0.2, -0.15) is 0 Å². The molecule has 0 fully saturated rings. The Morgan fingerprint density at radius 1 is 1.12 bits per heavy atom. The molecule has 0 aliphatic carbocycles. The zero-order valence-corrected chi connectivity index (χ0v) is 13.4. The zero-order chi connectivity index (χ0) is 16.9. The molecular formula is C16H13FN4O2S. The summed E-state index contributed by atoms with van der Waals surface area (Å²) in [6, 6.07) is 12.5. The summed E-state index contributed by atoms with van der Waals surface area (Å²) >= 11 is 1.16. The second kappa shape index (κ2) is 7.05. The molecule has 2 amide bonds. The van der Waals surface area contributed by atoms with Gasteiger partial charge in [-0.1, -0.05) is 29.5 Å². The Hall–Kier alpha value is -3.00. The van der Waals surface area contributed by atoms with Crippen molar-refractivity contribution >= 4 is 28.2 Å². The number of carbonyl (C=O) groups excluding carboxylic acids is 1. The SMILES string of the molecule is COc1cccc(NC(=O)Nc2nnc(-c3cccc(F)c3)s2)c1.